The van der Waals surface area contributed by atoms with Crippen LogP contribution >= 0.6 is 0 Å². The molecule has 1 saturated heterocycles. The highest BCUT2D eigenvalue weighted by atomic mass is 32.2. The molecule has 2 unspecified atom stereocenters. The number of hydrazine groups is 1. The van der Waals surface area contributed by atoms with Gasteiger partial charge in [0.05, 0.1) is 12.4 Å². The highest BCUT2D eigenvalue weighted by Crippen LogP contribution is 2.38. The molecule has 20 heavy (non-hydrogen) atoms. The third-order valence-corrected chi connectivity index (χ3v) is 6.20. The Bertz CT molecular complexity index is 574. The van der Waals surface area contributed by atoms with Gasteiger partial charge in [0.15, 0.2) is 0 Å². The maximum atomic E-state index is 12.7. The van der Waals surface area contributed by atoms with Crippen molar-refractivity contribution in [2.75, 3.05) is 12.0 Å². The van der Waals surface area contributed by atoms with Crippen molar-refractivity contribution in [2.24, 2.45) is 11.8 Å². The first-order valence-electron chi connectivity index (χ1n) is 6.93. The van der Waals surface area contributed by atoms with Gasteiger partial charge in [0.2, 0.25) is 16.0 Å². The van der Waals surface area contributed by atoms with E-state index in [0.29, 0.717) is 12.5 Å². The van der Waals surface area contributed by atoms with Crippen LogP contribution in [0.3, 0.4) is 0 Å². The van der Waals surface area contributed by atoms with Crippen LogP contribution in [0.2, 0.25) is 0 Å². The van der Waals surface area contributed by atoms with Crippen LogP contribution in [0.1, 0.15) is 32.1 Å². The lowest BCUT2D eigenvalue weighted by Gasteiger charge is -2.30. The number of hydrogen-bond donors (Lipinski definition) is 2. The number of anilines is 1. The molecule has 0 aromatic carbocycles. The van der Waals surface area contributed by atoms with E-state index in [2.05, 4.69) is 15.4 Å². The third-order valence-electron chi connectivity index (χ3n) is 4.32. The Morgan fingerprint density at radius 2 is 1.90 bits per heavy atom. The molecule has 3 rings (SSSR count). The molecule has 1 aromatic rings. The number of nitrogens with one attached hydrogen (secondary N) is 1. The van der Waals surface area contributed by atoms with Crippen molar-refractivity contribution < 1.29 is 8.42 Å². The van der Waals surface area contributed by atoms with Gasteiger partial charge in [-0.05, 0) is 25.2 Å². The van der Waals surface area contributed by atoms with Crippen molar-refractivity contribution >= 4 is 16.0 Å². The minimum atomic E-state index is -3.49. The zero-order valence-electron chi connectivity index (χ0n) is 11.2. The van der Waals surface area contributed by atoms with Crippen molar-refractivity contribution in [3.8, 4) is 0 Å². The lowest BCUT2D eigenvalue weighted by Crippen LogP contribution is -2.39. The van der Waals surface area contributed by atoms with Crippen LogP contribution in [0.5, 0.6) is 0 Å². The summed E-state index contributed by atoms with van der Waals surface area (Å²) in [5.74, 6) is 5.91. The zero-order chi connectivity index (χ0) is 14.2. The summed E-state index contributed by atoms with van der Waals surface area (Å²) in [5, 5.41) is 0. The Labute approximate surface area is 118 Å². The van der Waals surface area contributed by atoms with Gasteiger partial charge in [-0.15, -0.1) is 0 Å². The first-order valence-corrected chi connectivity index (χ1v) is 8.37. The smallest absolute Gasteiger partial charge is 0.246 e. The summed E-state index contributed by atoms with van der Waals surface area (Å²) >= 11 is 0. The summed E-state index contributed by atoms with van der Waals surface area (Å²) in [5.41, 5.74) is 2.29. The Morgan fingerprint density at radius 1 is 1.20 bits per heavy atom. The van der Waals surface area contributed by atoms with Gasteiger partial charge in [-0.2, -0.15) is 4.31 Å². The van der Waals surface area contributed by atoms with Crippen molar-refractivity contribution in [3.05, 3.63) is 12.4 Å². The lowest BCUT2D eigenvalue weighted by atomic mass is 9.86. The molecule has 1 aliphatic heterocycles. The van der Waals surface area contributed by atoms with Crippen molar-refractivity contribution in [1.29, 1.82) is 0 Å². The van der Waals surface area contributed by atoms with E-state index < -0.39 is 10.0 Å². The molecule has 0 bridgehead atoms. The van der Waals surface area contributed by atoms with Gasteiger partial charge in [-0.3, -0.25) is 5.43 Å². The average Bonchev–Trinajstić information content (AvgIpc) is 2.92. The van der Waals surface area contributed by atoms with Gasteiger partial charge in [0, 0.05) is 12.6 Å². The number of rotatable bonds is 3. The molecule has 2 fully saturated rings. The largest absolute Gasteiger partial charge is 0.292 e. The summed E-state index contributed by atoms with van der Waals surface area (Å²) in [4.78, 5) is 7.91. The van der Waals surface area contributed by atoms with Crippen LogP contribution in [-0.2, 0) is 10.0 Å². The molecular formula is C12H19N5O2S. The zero-order valence-corrected chi connectivity index (χ0v) is 12.0. The summed E-state index contributed by atoms with van der Waals surface area (Å²) in [6.07, 6.45) is 8.03. The van der Waals surface area contributed by atoms with Crippen LogP contribution in [-0.4, -0.2) is 35.3 Å². The number of hydrogen-bond acceptors (Lipinski definition) is 6. The second kappa shape index (κ2) is 5.27. The normalized spacial score (nSPS) is 27.2. The molecular weight excluding hydrogens is 278 g/mol. The molecule has 0 radical (unpaired) electrons. The van der Waals surface area contributed by atoms with E-state index in [1.54, 1.807) is 4.31 Å². The van der Waals surface area contributed by atoms with Crippen LogP contribution in [0.4, 0.5) is 5.95 Å². The SMILES string of the molecule is NNc1ncc(S(=O)(=O)N2CCC3CCCCC32)cn1. The number of sulfonamides is 1. The van der Waals surface area contributed by atoms with E-state index >= 15 is 0 Å². The maximum absolute atomic E-state index is 12.7. The molecule has 1 saturated carbocycles. The van der Waals surface area contributed by atoms with E-state index in [1.807, 2.05) is 0 Å². The topological polar surface area (TPSA) is 101 Å². The van der Waals surface area contributed by atoms with Crippen LogP contribution in [0.25, 0.3) is 0 Å². The second-order valence-corrected chi connectivity index (χ2v) is 7.29. The molecule has 7 nitrogen and oxygen atoms in total. The summed E-state index contributed by atoms with van der Waals surface area (Å²) < 4.78 is 27.0. The van der Waals surface area contributed by atoms with Gasteiger partial charge in [-0.1, -0.05) is 12.8 Å². The molecule has 8 heteroatoms. The van der Waals surface area contributed by atoms with Gasteiger partial charge >= 0.3 is 0 Å². The van der Waals surface area contributed by atoms with Crippen molar-refractivity contribution in [3.63, 3.8) is 0 Å². The minimum Gasteiger partial charge on any atom is -0.292 e. The van der Waals surface area contributed by atoms with E-state index in [-0.39, 0.29) is 16.9 Å². The molecule has 3 N–H and O–H groups in total. The average molecular weight is 297 g/mol. The van der Waals surface area contributed by atoms with Crippen LogP contribution < -0.4 is 11.3 Å². The highest BCUT2D eigenvalue weighted by molar-refractivity contribution is 7.89. The van der Waals surface area contributed by atoms with Crippen LogP contribution in [0, 0.1) is 5.92 Å². The number of nitrogens with two attached hydrogens (primary N) is 1. The highest BCUT2D eigenvalue weighted by Gasteiger charge is 2.42. The quantitative estimate of drug-likeness (QED) is 0.629. The molecule has 0 spiro atoms. The fourth-order valence-corrected chi connectivity index (χ4v) is 4.94. The summed E-state index contributed by atoms with van der Waals surface area (Å²) in [7, 11) is -3.49. The monoisotopic (exact) mass is 297 g/mol. The number of nitrogens with zero attached hydrogens (tertiary/aromatic N) is 3. The maximum Gasteiger partial charge on any atom is 0.246 e. The Morgan fingerprint density at radius 3 is 2.60 bits per heavy atom. The first kappa shape index (κ1) is 13.7. The van der Waals surface area contributed by atoms with Gasteiger partial charge in [-0.25, -0.2) is 24.2 Å². The molecule has 2 atom stereocenters. The van der Waals surface area contributed by atoms with Gasteiger partial charge < -0.3 is 0 Å². The number of aromatic nitrogens is 2. The molecule has 1 aliphatic carbocycles. The minimum absolute atomic E-state index is 0.141. The fraction of sp³-hybridized carbons (Fsp3) is 0.667. The third kappa shape index (κ3) is 2.27. The van der Waals surface area contributed by atoms with Crippen molar-refractivity contribution in [1.82, 2.24) is 14.3 Å². The molecule has 110 valence electrons. The van der Waals surface area contributed by atoms with E-state index in [1.165, 1.54) is 18.8 Å². The lowest BCUT2D eigenvalue weighted by molar-refractivity contribution is 0.260. The first-order chi connectivity index (χ1) is 9.63. The molecule has 2 aliphatic rings. The summed E-state index contributed by atoms with van der Waals surface area (Å²) in [6.45, 7) is 0.606. The van der Waals surface area contributed by atoms with E-state index in [0.717, 1.165) is 25.7 Å². The van der Waals surface area contributed by atoms with Gasteiger partial charge in [0.25, 0.3) is 0 Å². The Kier molecular flexibility index (Phi) is 3.61. The van der Waals surface area contributed by atoms with Crippen molar-refractivity contribution in [2.45, 2.75) is 43.0 Å². The second-order valence-electron chi connectivity index (χ2n) is 5.40. The Balaban J connectivity index is 1.87. The molecule has 2 heterocycles. The van der Waals surface area contributed by atoms with E-state index in [9.17, 15) is 8.42 Å². The number of fused-ring (bicyclic) bond motifs is 1. The summed E-state index contributed by atoms with van der Waals surface area (Å²) in [6, 6.07) is 0.154. The number of nitrogen functional groups attached to an aromatic ring is 1. The predicted molar refractivity (Wildman–Crippen MR) is 74.1 cm³/mol. The van der Waals surface area contributed by atoms with Gasteiger partial charge in [0.1, 0.15) is 4.90 Å². The Hall–Kier alpha value is -1.25. The van der Waals surface area contributed by atoms with E-state index in [4.69, 9.17) is 5.84 Å². The van der Waals surface area contributed by atoms with Crippen LogP contribution in [0.15, 0.2) is 17.3 Å². The predicted octanol–water partition coefficient (Wildman–Crippen LogP) is 0.715. The molecule has 1 aromatic heterocycles. The fourth-order valence-electron chi connectivity index (χ4n) is 3.32. The standard InChI is InChI=1S/C12H19N5O2S/c13-16-12-14-7-10(8-15-12)20(18,19)17-6-5-9-3-1-2-4-11(9)17/h7-9,11H,1-6,13H2,(H,14,15,16). The molecule has 0 amide bonds.